The fourth-order valence-electron chi connectivity index (χ4n) is 2.37. The average Bonchev–Trinajstić information content (AvgIpc) is 2.80. The normalized spacial score (nSPS) is 12.5. The monoisotopic (exact) mass is 307 g/mol. The van der Waals surface area contributed by atoms with Crippen LogP contribution in [0.4, 0.5) is 8.78 Å². The number of halogens is 2. The molecule has 4 nitrogen and oxygen atoms in total. The molecule has 0 radical (unpaired) electrons. The van der Waals surface area contributed by atoms with E-state index in [1.165, 1.54) is 12.1 Å². The Morgan fingerprint density at radius 1 is 1.27 bits per heavy atom. The third-order valence-corrected chi connectivity index (χ3v) is 3.39. The molecule has 0 spiro atoms. The SMILES string of the molecule is Cc1cccc(C[C@H](C)NC(=O)c2ccc(C)n2C(F)F)n1. The van der Waals surface area contributed by atoms with Gasteiger partial charge >= 0.3 is 6.55 Å². The molecule has 0 aromatic carbocycles. The summed E-state index contributed by atoms with van der Waals surface area (Å²) in [5.41, 5.74) is 2.08. The molecule has 0 aliphatic rings. The van der Waals surface area contributed by atoms with E-state index < -0.39 is 12.5 Å². The summed E-state index contributed by atoms with van der Waals surface area (Å²) < 4.78 is 26.7. The second-order valence-electron chi connectivity index (χ2n) is 5.36. The van der Waals surface area contributed by atoms with Crippen molar-refractivity contribution >= 4 is 5.91 Å². The van der Waals surface area contributed by atoms with Gasteiger partial charge in [0.15, 0.2) is 0 Å². The number of carbonyl (C=O) groups excluding carboxylic acids is 1. The minimum absolute atomic E-state index is 0.0310. The first kappa shape index (κ1) is 16.1. The van der Waals surface area contributed by atoms with Crippen molar-refractivity contribution in [1.29, 1.82) is 0 Å². The fraction of sp³-hybridized carbons (Fsp3) is 0.375. The predicted octanol–water partition coefficient (Wildman–Crippen LogP) is 3.26. The highest BCUT2D eigenvalue weighted by Gasteiger charge is 2.20. The van der Waals surface area contributed by atoms with Crippen LogP contribution in [0.25, 0.3) is 0 Å². The van der Waals surface area contributed by atoms with Crippen LogP contribution in [-0.2, 0) is 6.42 Å². The summed E-state index contributed by atoms with van der Waals surface area (Å²) >= 11 is 0. The van der Waals surface area contributed by atoms with Crippen LogP contribution >= 0.6 is 0 Å². The van der Waals surface area contributed by atoms with Crippen LogP contribution < -0.4 is 5.32 Å². The third-order valence-electron chi connectivity index (χ3n) is 3.39. The number of carbonyl (C=O) groups is 1. The largest absolute Gasteiger partial charge is 0.348 e. The Hall–Kier alpha value is -2.24. The van der Waals surface area contributed by atoms with E-state index in [0.717, 1.165) is 16.0 Å². The molecule has 0 unspecified atom stereocenters. The van der Waals surface area contributed by atoms with E-state index in [0.29, 0.717) is 12.1 Å². The van der Waals surface area contributed by atoms with Crippen LogP contribution in [0.2, 0.25) is 0 Å². The summed E-state index contributed by atoms with van der Waals surface area (Å²) in [6, 6.07) is 8.38. The van der Waals surface area contributed by atoms with Crippen molar-refractivity contribution in [2.75, 3.05) is 0 Å². The lowest BCUT2D eigenvalue weighted by Gasteiger charge is -2.15. The topological polar surface area (TPSA) is 46.9 Å². The zero-order valence-electron chi connectivity index (χ0n) is 12.8. The average molecular weight is 307 g/mol. The number of aromatic nitrogens is 2. The van der Waals surface area contributed by atoms with E-state index in [4.69, 9.17) is 0 Å². The van der Waals surface area contributed by atoms with Crippen LogP contribution in [0.15, 0.2) is 30.3 Å². The minimum Gasteiger partial charge on any atom is -0.348 e. The first-order valence-electron chi connectivity index (χ1n) is 7.08. The number of alkyl halides is 2. The van der Waals surface area contributed by atoms with Crippen molar-refractivity contribution in [1.82, 2.24) is 14.9 Å². The van der Waals surface area contributed by atoms with Crippen molar-refractivity contribution in [3.05, 3.63) is 53.1 Å². The zero-order valence-corrected chi connectivity index (χ0v) is 12.8. The van der Waals surface area contributed by atoms with E-state index in [2.05, 4.69) is 10.3 Å². The lowest BCUT2D eigenvalue weighted by atomic mass is 10.1. The van der Waals surface area contributed by atoms with E-state index in [9.17, 15) is 13.6 Å². The van der Waals surface area contributed by atoms with Crippen molar-refractivity contribution < 1.29 is 13.6 Å². The molecule has 6 heteroatoms. The van der Waals surface area contributed by atoms with E-state index >= 15 is 0 Å². The number of amides is 1. The maximum Gasteiger partial charge on any atom is 0.319 e. The van der Waals surface area contributed by atoms with Crippen molar-refractivity contribution in [2.45, 2.75) is 39.8 Å². The van der Waals surface area contributed by atoms with Crippen LogP contribution in [0.3, 0.4) is 0 Å². The molecule has 0 saturated heterocycles. The molecule has 2 rings (SSSR count). The predicted molar refractivity (Wildman–Crippen MR) is 80.0 cm³/mol. The van der Waals surface area contributed by atoms with Crippen LogP contribution in [0.5, 0.6) is 0 Å². The zero-order chi connectivity index (χ0) is 16.3. The lowest BCUT2D eigenvalue weighted by Crippen LogP contribution is -2.35. The summed E-state index contributed by atoms with van der Waals surface area (Å²) in [6.45, 7) is 2.53. The molecule has 2 heterocycles. The summed E-state index contributed by atoms with van der Waals surface area (Å²) in [5.74, 6) is -0.506. The van der Waals surface area contributed by atoms with Gasteiger partial charge in [0.05, 0.1) is 0 Å². The van der Waals surface area contributed by atoms with Crippen molar-refractivity contribution in [3.63, 3.8) is 0 Å². The van der Waals surface area contributed by atoms with E-state index in [-0.39, 0.29) is 11.7 Å². The van der Waals surface area contributed by atoms with Gasteiger partial charge in [0.1, 0.15) is 5.69 Å². The summed E-state index contributed by atoms with van der Waals surface area (Å²) in [4.78, 5) is 16.5. The van der Waals surface area contributed by atoms with Gasteiger partial charge in [-0.1, -0.05) is 6.07 Å². The Morgan fingerprint density at radius 3 is 2.64 bits per heavy atom. The highest BCUT2D eigenvalue weighted by molar-refractivity contribution is 5.93. The van der Waals surface area contributed by atoms with Gasteiger partial charge in [-0.2, -0.15) is 8.78 Å². The summed E-state index contributed by atoms with van der Waals surface area (Å²) in [7, 11) is 0. The number of rotatable bonds is 5. The van der Waals surface area contributed by atoms with Gasteiger partial charge in [-0.15, -0.1) is 0 Å². The van der Waals surface area contributed by atoms with E-state index in [1.807, 2.05) is 32.0 Å². The Morgan fingerprint density at radius 2 is 2.00 bits per heavy atom. The molecule has 1 N–H and O–H groups in total. The van der Waals surface area contributed by atoms with E-state index in [1.54, 1.807) is 6.92 Å². The number of hydrogen-bond donors (Lipinski definition) is 1. The Labute approximate surface area is 128 Å². The van der Waals surface area contributed by atoms with Crippen LogP contribution in [-0.4, -0.2) is 21.5 Å². The van der Waals surface area contributed by atoms with Gasteiger partial charge in [-0.25, -0.2) is 0 Å². The summed E-state index contributed by atoms with van der Waals surface area (Å²) in [6.07, 6.45) is 0.543. The smallest absolute Gasteiger partial charge is 0.319 e. The first-order valence-corrected chi connectivity index (χ1v) is 7.08. The molecule has 0 aliphatic heterocycles. The second-order valence-corrected chi connectivity index (χ2v) is 5.36. The van der Waals surface area contributed by atoms with Gasteiger partial charge in [0.25, 0.3) is 5.91 Å². The second kappa shape index (κ2) is 6.68. The highest BCUT2D eigenvalue weighted by atomic mass is 19.3. The Kier molecular flexibility index (Phi) is 4.90. The van der Waals surface area contributed by atoms with Gasteiger partial charge in [-0.05, 0) is 45.0 Å². The number of pyridine rings is 1. The van der Waals surface area contributed by atoms with Crippen LogP contribution in [0, 0.1) is 13.8 Å². The first-order chi connectivity index (χ1) is 10.4. The van der Waals surface area contributed by atoms with Gasteiger partial charge in [0.2, 0.25) is 0 Å². The number of nitrogens with one attached hydrogen (secondary N) is 1. The number of nitrogens with zero attached hydrogens (tertiary/aromatic N) is 2. The quantitative estimate of drug-likeness (QED) is 0.921. The molecule has 2 aromatic heterocycles. The van der Waals surface area contributed by atoms with Gasteiger partial charge in [-0.3, -0.25) is 14.3 Å². The van der Waals surface area contributed by atoms with Crippen LogP contribution in [0.1, 0.15) is 41.0 Å². The molecule has 118 valence electrons. The molecule has 0 saturated carbocycles. The highest BCUT2D eigenvalue weighted by Crippen LogP contribution is 2.18. The molecule has 0 aliphatic carbocycles. The standard InChI is InChI=1S/C16H19F2N3O/c1-10-5-4-6-13(19-10)9-11(2)20-15(22)14-8-7-12(3)21(14)16(17)18/h4-8,11,16H,9H2,1-3H3,(H,20,22)/t11-/m0/s1. The third kappa shape index (κ3) is 3.69. The lowest BCUT2D eigenvalue weighted by molar-refractivity contribution is 0.0614. The number of hydrogen-bond acceptors (Lipinski definition) is 2. The molecule has 1 amide bonds. The maximum absolute atomic E-state index is 13.0. The molecular formula is C16H19F2N3O. The van der Waals surface area contributed by atoms with Gasteiger partial charge in [0, 0.05) is 29.5 Å². The fourth-order valence-corrected chi connectivity index (χ4v) is 2.37. The molecule has 0 bridgehead atoms. The van der Waals surface area contributed by atoms with Crippen molar-refractivity contribution in [2.24, 2.45) is 0 Å². The minimum atomic E-state index is -2.73. The Balaban J connectivity index is 2.06. The Bertz CT molecular complexity index is 667. The number of aryl methyl sites for hydroxylation is 2. The molecule has 1 atom stereocenters. The molecule has 2 aromatic rings. The maximum atomic E-state index is 13.0. The van der Waals surface area contributed by atoms with Gasteiger partial charge < -0.3 is 5.32 Å². The molecule has 22 heavy (non-hydrogen) atoms. The molecule has 0 fully saturated rings. The van der Waals surface area contributed by atoms with Crippen molar-refractivity contribution in [3.8, 4) is 0 Å². The summed E-state index contributed by atoms with van der Waals surface area (Å²) in [5, 5.41) is 2.74. The molecular weight excluding hydrogens is 288 g/mol.